The van der Waals surface area contributed by atoms with E-state index in [1.165, 1.54) is 6.07 Å². The van der Waals surface area contributed by atoms with Crippen LogP contribution in [0.1, 0.15) is 12.8 Å². The van der Waals surface area contributed by atoms with Gasteiger partial charge in [-0.3, -0.25) is 4.79 Å². The summed E-state index contributed by atoms with van der Waals surface area (Å²) in [5, 5.41) is 17.0. The molecule has 0 bridgehead atoms. The topological polar surface area (TPSA) is 98.5 Å². The number of hydrogen-bond donors (Lipinski definition) is 1. The smallest absolute Gasteiger partial charge is 0.322 e. The molecule has 0 radical (unpaired) electrons. The van der Waals surface area contributed by atoms with Crippen LogP contribution in [0.15, 0.2) is 0 Å². The van der Waals surface area contributed by atoms with Crippen molar-refractivity contribution in [3.63, 3.8) is 0 Å². The lowest BCUT2D eigenvalue weighted by molar-refractivity contribution is -0.140. The molecule has 1 aliphatic rings. The highest BCUT2D eigenvalue weighted by molar-refractivity contribution is 7.89. The van der Waals surface area contributed by atoms with E-state index in [1.807, 2.05) is 0 Å². The lowest BCUT2D eigenvalue weighted by Crippen LogP contribution is -2.41. The first-order chi connectivity index (χ1) is 6.49. The maximum atomic E-state index is 11.4. The van der Waals surface area contributed by atoms with Crippen LogP contribution in [0.5, 0.6) is 0 Å². The molecule has 0 amide bonds. The quantitative estimate of drug-likeness (QED) is 0.681. The first-order valence-corrected chi connectivity index (χ1v) is 5.69. The van der Waals surface area contributed by atoms with Gasteiger partial charge in [-0.25, -0.2) is 8.42 Å². The van der Waals surface area contributed by atoms with E-state index in [2.05, 4.69) is 0 Å². The summed E-state index contributed by atoms with van der Waals surface area (Å²) in [6.07, 6.45) is 0.849. The fourth-order valence-electron chi connectivity index (χ4n) is 1.48. The number of carbonyl (C=O) groups is 1. The number of carboxylic acid groups (broad SMARTS) is 1. The van der Waals surface area contributed by atoms with Crippen molar-refractivity contribution in [2.75, 3.05) is 12.3 Å². The van der Waals surface area contributed by atoms with Crippen molar-refractivity contribution in [2.45, 2.75) is 18.9 Å². The average molecular weight is 218 g/mol. The minimum absolute atomic E-state index is 0.195. The van der Waals surface area contributed by atoms with E-state index in [-0.39, 0.29) is 6.54 Å². The third-order valence-corrected chi connectivity index (χ3v) is 3.74. The van der Waals surface area contributed by atoms with E-state index in [0.29, 0.717) is 12.8 Å². The van der Waals surface area contributed by atoms with Gasteiger partial charge in [0.25, 0.3) is 0 Å². The van der Waals surface area contributed by atoms with Crippen molar-refractivity contribution in [2.24, 2.45) is 0 Å². The molecule has 1 heterocycles. The van der Waals surface area contributed by atoms with Crippen molar-refractivity contribution in [1.29, 1.82) is 5.26 Å². The van der Waals surface area contributed by atoms with Crippen LogP contribution in [-0.4, -0.2) is 42.1 Å². The summed E-state index contributed by atoms with van der Waals surface area (Å²) in [6.45, 7) is 0.195. The van der Waals surface area contributed by atoms with Crippen molar-refractivity contribution >= 4 is 16.0 Å². The largest absolute Gasteiger partial charge is 0.480 e. The summed E-state index contributed by atoms with van der Waals surface area (Å²) >= 11 is 0. The summed E-state index contributed by atoms with van der Waals surface area (Å²) in [7, 11) is -3.71. The van der Waals surface area contributed by atoms with Crippen LogP contribution in [0.4, 0.5) is 0 Å². The van der Waals surface area contributed by atoms with Crippen molar-refractivity contribution in [1.82, 2.24) is 4.31 Å². The van der Waals surface area contributed by atoms with Crippen LogP contribution in [-0.2, 0) is 14.8 Å². The van der Waals surface area contributed by atoms with Gasteiger partial charge in [0, 0.05) is 6.54 Å². The predicted octanol–water partition coefficient (Wildman–Crippen LogP) is -0.611. The van der Waals surface area contributed by atoms with Crippen LogP contribution in [0.25, 0.3) is 0 Å². The Morgan fingerprint density at radius 2 is 2.29 bits per heavy atom. The van der Waals surface area contributed by atoms with Gasteiger partial charge < -0.3 is 5.11 Å². The Hall–Kier alpha value is -1.13. The van der Waals surface area contributed by atoms with Crippen molar-refractivity contribution < 1.29 is 18.3 Å². The first kappa shape index (κ1) is 10.9. The summed E-state index contributed by atoms with van der Waals surface area (Å²) in [4.78, 5) is 10.7. The molecule has 0 aromatic heterocycles. The highest BCUT2D eigenvalue weighted by atomic mass is 32.2. The molecule has 6 nitrogen and oxygen atoms in total. The molecule has 78 valence electrons. The molecule has 1 fully saturated rings. The van der Waals surface area contributed by atoms with Gasteiger partial charge in [0.05, 0.1) is 6.07 Å². The van der Waals surface area contributed by atoms with E-state index in [1.54, 1.807) is 0 Å². The molecule has 0 saturated carbocycles. The number of rotatable bonds is 3. The number of sulfonamides is 1. The SMILES string of the molecule is N#CCS(=O)(=O)N1CCCC1C(=O)O. The Morgan fingerprint density at radius 3 is 2.79 bits per heavy atom. The molecule has 1 aliphatic heterocycles. The zero-order valence-corrected chi connectivity index (χ0v) is 8.20. The second kappa shape index (κ2) is 3.94. The van der Waals surface area contributed by atoms with Gasteiger partial charge in [0.2, 0.25) is 10.0 Å². The monoisotopic (exact) mass is 218 g/mol. The predicted molar refractivity (Wildman–Crippen MR) is 46.8 cm³/mol. The van der Waals surface area contributed by atoms with Gasteiger partial charge in [0.15, 0.2) is 5.75 Å². The zero-order valence-electron chi connectivity index (χ0n) is 7.38. The summed E-state index contributed by atoms with van der Waals surface area (Å²) in [6, 6.07) is 0.530. The lowest BCUT2D eigenvalue weighted by atomic mass is 10.2. The van der Waals surface area contributed by atoms with Gasteiger partial charge in [-0.1, -0.05) is 0 Å². The molecular formula is C7H10N2O4S. The van der Waals surface area contributed by atoms with E-state index in [4.69, 9.17) is 10.4 Å². The van der Waals surface area contributed by atoms with E-state index >= 15 is 0 Å². The van der Waals surface area contributed by atoms with Gasteiger partial charge in [-0.2, -0.15) is 9.57 Å². The molecule has 7 heteroatoms. The summed E-state index contributed by atoms with van der Waals surface area (Å²) in [5.41, 5.74) is 0. The second-order valence-electron chi connectivity index (χ2n) is 3.02. The van der Waals surface area contributed by atoms with Crippen LogP contribution in [0.2, 0.25) is 0 Å². The van der Waals surface area contributed by atoms with Crippen molar-refractivity contribution in [3.8, 4) is 6.07 Å². The molecule has 1 unspecified atom stereocenters. The molecular weight excluding hydrogens is 208 g/mol. The third kappa shape index (κ3) is 2.02. The van der Waals surface area contributed by atoms with E-state index in [0.717, 1.165) is 4.31 Å². The maximum absolute atomic E-state index is 11.4. The summed E-state index contributed by atoms with van der Waals surface area (Å²) < 4.78 is 23.7. The van der Waals surface area contributed by atoms with Gasteiger partial charge >= 0.3 is 5.97 Å². The normalized spacial score (nSPS) is 23.2. The standard InChI is InChI=1S/C7H10N2O4S/c8-3-5-14(12,13)9-4-1-2-6(9)7(10)11/h6H,1-2,4-5H2,(H,10,11). The number of aliphatic carboxylic acids is 1. The zero-order chi connectivity index (χ0) is 10.8. The maximum Gasteiger partial charge on any atom is 0.322 e. The molecule has 0 aromatic rings. The van der Waals surface area contributed by atoms with E-state index < -0.39 is 27.8 Å². The first-order valence-electron chi connectivity index (χ1n) is 4.08. The van der Waals surface area contributed by atoms with Crippen LogP contribution in [0, 0.1) is 11.3 Å². The van der Waals surface area contributed by atoms with Gasteiger partial charge in [-0.15, -0.1) is 0 Å². The highest BCUT2D eigenvalue weighted by Crippen LogP contribution is 2.21. The molecule has 14 heavy (non-hydrogen) atoms. The van der Waals surface area contributed by atoms with E-state index in [9.17, 15) is 13.2 Å². The van der Waals surface area contributed by atoms with Gasteiger partial charge in [-0.05, 0) is 12.8 Å². The minimum Gasteiger partial charge on any atom is -0.480 e. The third-order valence-electron chi connectivity index (χ3n) is 2.09. The second-order valence-corrected chi connectivity index (χ2v) is 4.94. The van der Waals surface area contributed by atoms with Crippen LogP contribution < -0.4 is 0 Å². The minimum atomic E-state index is -3.71. The number of nitrogens with zero attached hydrogens (tertiary/aromatic N) is 2. The Bertz CT molecular complexity index is 370. The Kier molecular flexibility index (Phi) is 3.08. The van der Waals surface area contributed by atoms with Gasteiger partial charge in [0.1, 0.15) is 6.04 Å². The number of nitriles is 1. The molecule has 1 N–H and O–H groups in total. The molecule has 0 aliphatic carbocycles. The molecule has 0 aromatic carbocycles. The Morgan fingerprint density at radius 1 is 1.64 bits per heavy atom. The van der Waals surface area contributed by atoms with Crippen molar-refractivity contribution in [3.05, 3.63) is 0 Å². The lowest BCUT2D eigenvalue weighted by Gasteiger charge is -2.18. The molecule has 1 atom stereocenters. The molecule has 1 saturated heterocycles. The molecule has 0 spiro atoms. The number of carboxylic acids is 1. The average Bonchev–Trinajstić information content (AvgIpc) is 2.51. The van der Waals surface area contributed by atoms with Crippen LogP contribution in [0.3, 0.4) is 0 Å². The Labute approximate surface area is 81.8 Å². The Balaban J connectivity index is 2.88. The number of hydrogen-bond acceptors (Lipinski definition) is 4. The fourth-order valence-corrected chi connectivity index (χ4v) is 2.80. The summed E-state index contributed by atoms with van der Waals surface area (Å²) in [5.74, 6) is -1.81. The molecule has 1 rings (SSSR count). The fraction of sp³-hybridized carbons (Fsp3) is 0.714. The highest BCUT2D eigenvalue weighted by Gasteiger charge is 2.38. The van der Waals surface area contributed by atoms with Crippen LogP contribution >= 0.6 is 0 Å².